The molecule has 1 heterocycles. The Morgan fingerprint density at radius 1 is 1.03 bits per heavy atom. The zero-order valence-electron chi connectivity index (χ0n) is 23.6. The van der Waals surface area contributed by atoms with Crippen LogP contribution in [0.2, 0.25) is 0 Å². The molecule has 3 rings (SSSR count). The largest absolute Gasteiger partial charge is 0.476 e. The second-order valence-corrected chi connectivity index (χ2v) is 9.95. The van der Waals surface area contributed by atoms with E-state index >= 15 is 0 Å². The van der Waals surface area contributed by atoms with Gasteiger partial charge in [0.2, 0.25) is 11.8 Å². The number of hydrogen-bond donors (Lipinski definition) is 2. The Hall–Kier alpha value is -4.07. The Kier molecular flexibility index (Phi) is 12.3. The average molecular weight is 535 g/mol. The molecule has 0 saturated carbocycles. The first kappa shape index (κ1) is 31.1. The molecule has 1 atom stereocenters. The minimum Gasteiger partial charge on any atom is -0.476 e. The van der Waals surface area contributed by atoms with Gasteiger partial charge in [-0.1, -0.05) is 70.2 Å². The SMILES string of the molecule is CCc1ccc(F)cc1.CN=C(C(=O)NC(C(=O)NCCOc1ccccn1)C(C)(C)C)c1ccccc1C. The number of ether oxygens (including phenoxy) is 1. The summed E-state index contributed by atoms with van der Waals surface area (Å²) in [6, 6.07) is 18.7. The molecule has 0 aliphatic carbocycles. The summed E-state index contributed by atoms with van der Waals surface area (Å²) in [5.74, 6) is -0.325. The summed E-state index contributed by atoms with van der Waals surface area (Å²) in [5, 5.41) is 5.68. The number of carbonyl (C=O) groups is 2. The van der Waals surface area contributed by atoms with Crippen molar-refractivity contribution in [2.75, 3.05) is 20.2 Å². The van der Waals surface area contributed by atoms with E-state index in [4.69, 9.17) is 4.74 Å². The van der Waals surface area contributed by atoms with Gasteiger partial charge in [0.1, 0.15) is 24.2 Å². The molecular weight excluding hydrogens is 495 g/mol. The van der Waals surface area contributed by atoms with Gasteiger partial charge in [-0.2, -0.15) is 0 Å². The maximum Gasteiger partial charge on any atom is 0.270 e. The van der Waals surface area contributed by atoms with E-state index in [1.165, 1.54) is 17.7 Å². The predicted molar refractivity (Wildman–Crippen MR) is 154 cm³/mol. The van der Waals surface area contributed by atoms with Crippen LogP contribution in [0, 0.1) is 18.2 Å². The molecule has 208 valence electrons. The fraction of sp³-hybridized carbons (Fsp3) is 0.355. The van der Waals surface area contributed by atoms with Crippen LogP contribution in [0.25, 0.3) is 0 Å². The third-order valence-electron chi connectivity index (χ3n) is 5.85. The second-order valence-electron chi connectivity index (χ2n) is 9.95. The molecule has 2 amide bonds. The van der Waals surface area contributed by atoms with Gasteiger partial charge in [0.05, 0.1) is 6.54 Å². The van der Waals surface area contributed by atoms with Crippen LogP contribution in [0.15, 0.2) is 77.9 Å². The van der Waals surface area contributed by atoms with Gasteiger partial charge in [-0.25, -0.2) is 9.37 Å². The number of nitrogens with zero attached hydrogens (tertiary/aromatic N) is 2. The van der Waals surface area contributed by atoms with Crippen LogP contribution in [0.3, 0.4) is 0 Å². The van der Waals surface area contributed by atoms with Gasteiger partial charge in [-0.05, 0) is 48.1 Å². The fourth-order valence-electron chi connectivity index (χ4n) is 3.64. The van der Waals surface area contributed by atoms with Crippen LogP contribution in [0.1, 0.15) is 44.4 Å². The van der Waals surface area contributed by atoms with Crippen molar-refractivity contribution in [1.29, 1.82) is 0 Å². The highest BCUT2D eigenvalue weighted by Crippen LogP contribution is 2.20. The van der Waals surface area contributed by atoms with Crippen LogP contribution in [0.4, 0.5) is 4.39 Å². The molecule has 2 N–H and O–H groups in total. The van der Waals surface area contributed by atoms with Crippen molar-refractivity contribution in [2.24, 2.45) is 10.4 Å². The third kappa shape index (κ3) is 10.3. The molecule has 1 aromatic heterocycles. The molecule has 0 radical (unpaired) electrons. The topological polar surface area (TPSA) is 92.7 Å². The first-order valence-corrected chi connectivity index (χ1v) is 13.0. The van der Waals surface area contributed by atoms with E-state index in [2.05, 4.69) is 20.6 Å². The van der Waals surface area contributed by atoms with Gasteiger partial charge in [-0.3, -0.25) is 14.6 Å². The van der Waals surface area contributed by atoms with Gasteiger partial charge in [0, 0.05) is 24.9 Å². The maximum atomic E-state index is 12.9. The molecule has 39 heavy (non-hydrogen) atoms. The van der Waals surface area contributed by atoms with Crippen molar-refractivity contribution in [3.8, 4) is 5.88 Å². The molecule has 0 spiro atoms. The number of benzene rings is 2. The van der Waals surface area contributed by atoms with Crippen molar-refractivity contribution in [1.82, 2.24) is 15.6 Å². The quantitative estimate of drug-likeness (QED) is 0.301. The first-order valence-electron chi connectivity index (χ1n) is 13.0. The number of carbonyl (C=O) groups excluding carboxylic acids is 2. The molecule has 8 heteroatoms. The highest BCUT2D eigenvalue weighted by Gasteiger charge is 2.33. The number of hydrogen-bond acceptors (Lipinski definition) is 5. The number of rotatable bonds is 9. The van der Waals surface area contributed by atoms with Crippen molar-refractivity contribution >= 4 is 17.5 Å². The smallest absolute Gasteiger partial charge is 0.270 e. The van der Waals surface area contributed by atoms with Gasteiger partial charge < -0.3 is 15.4 Å². The lowest BCUT2D eigenvalue weighted by Crippen LogP contribution is -2.55. The Balaban J connectivity index is 0.000000499. The summed E-state index contributed by atoms with van der Waals surface area (Å²) in [7, 11) is 1.57. The Labute approximate surface area is 230 Å². The number of aromatic nitrogens is 1. The number of amides is 2. The van der Waals surface area contributed by atoms with Gasteiger partial charge in [0.15, 0.2) is 0 Å². The van der Waals surface area contributed by atoms with E-state index in [9.17, 15) is 14.0 Å². The molecule has 0 saturated heterocycles. The third-order valence-corrected chi connectivity index (χ3v) is 5.85. The lowest BCUT2D eigenvalue weighted by molar-refractivity contribution is -0.129. The normalized spacial score (nSPS) is 12.0. The summed E-state index contributed by atoms with van der Waals surface area (Å²) in [4.78, 5) is 34.0. The predicted octanol–water partition coefficient (Wildman–Crippen LogP) is 4.92. The highest BCUT2D eigenvalue weighted by atomic mass is 19.1. The lowest BCUT2D eigenvalue weighted by atomic mass is 9.85. The summed E-state index contributed by atoms with van der Waals surface area (Å²) >= 11 is 0. The van der Waals surface area contributed by atoms with E-state index in [1.807, 2.05) is 65.0 Å². The van der Waals surface area contributed by atoms with Crippen LogP contribution < -0.4 is 15.4 Å². The number of aliphatic imine (C=N–C) groups is 1. The Morgan fingerprint density at radius 3 is 2.26 bits per heavy atom. The molecule has 7 nitrogen and oxygen atoms in total. The zero-order valence-corrected chi connectivity index (χ0v) is 23.6. The summed E-state index contributed by atoms with van der Waals surface area (Å²) in [5.41, 5.74) is 2.67. The van der Waals surface area contributed by atoms with Gasteiger partial charge in [0.25, 0.3) is 5.91 Å². The highest BCUT2D eigenvalue weighted by molar-refractivity contribution is 6.45. The molecular formula is C31H39FN4O3. The summed E-state index contributed by atoms with van der Waals surface area (Å²) < 4.78 is 17.7. The number of halogens is 1. The first-order chi connectivity index (χ1) is 18.6. The van der Waals surface area contributed by atoms with Crippen LogP contribution in [-0.2, 0) is 16.0 Å². The second kappa shape index (κ2) is 15.4. The number of nitrogens with one attached hydrogen (secondary N) is 2. The van der Waals surface area contributed by atoms with Crippen LogP contribution in [0.5, 0.6) is 5.88 Å². The Bertz CT molecular complexity index is 1220. The lowest BCUT2D eigenvalue weighted by Gasteiger charge is -2.30. The molecule has 0 bridgehead atoms. The minimum atomic E-state index is -0.736. The molecule has 1 unspecified atom stereocenters. The van der Waals surface area contributed by atoms with Crippen molar-refractivity contribution in [3.63, 3.8) is 0 Å². The average Bonchev–Trinajstić information content (AvgIpc) is 2.92. The number of aryl methyl sites for hydroxylation is 2. The Morgan fingerprint density at radius 2 is 1.69 bits per heavy atom. The van der Waals surface area contributed by atoms with E-state index in [-0.39, 0.29) is 24.2 Å². The maximum absolute atomic E-state index is 12.9. The van der Waals surface area contributed by atoms with Gasteiger partial charge in [-0.15, -0.1) is 0 Å². The zero-order chi connectivity index (χ0) is 28.8. The fourth-order valence-corrected chi connectivity index (χ4v) is 3.64. The minimum absolute atomic E-state index is 0.160. The van der Waals surface area contributed by atoms with E-state index in [0.29, 0.717) is 18.1 Å². The van der Waals surface area contributed by atoms with Crippen molar-refractivity contribution in [3.05, 3.63) is 95.4 Å². The molecule has 0 fully saturated rings. The summed E-state index contributed by atoms with van der Waals surface area (Å²) in [6.45, 7) is 10.2. The van der Waals surface area contributed by atoms with Crippen molar-refractivity contribution in [2.45, 2.75) is 47.1 Å². The number of pyridine rings is 1. The van der Waals surface area contributed by atoms with E-state index < -0.39 is 11.5 Å². The molecule has 0 aliphatic rings. The monoisotopic (exact) mass is 534 g/mol. The van der Waals surface area contributed by atoms with E-state index in [1.54, 1.807) is 37.5 Å². The van der Waals surface area contributed by atoms with Crippen LogP contribution in [-0.4, -0.2) is 48.8 Å². The molecule has 0 aliphatic heterocycles. The van der Waals surface area contributed by atoms with Crippen LogP contribution >= 0.6 is 0 Å². The van der Waals surface area contributed by atoms with E-state index in [0.717, 1.165) is 17.5 Å². The van der Waals surface area contributed by atoms with Gasteiger partial charge >= 0.3 is 0 Å². The van der Waals surface area contributed by atoms with Crippen molar-refractivity contribution < 1.29 is 18.7 Å². The standard InChI is InChI=1S/C23H30N4O3.C8H9F/c1-16-10-6-7-11-17(16)19(24-5)21(28)27-20(23(2,3)4)22(29)26-14-15-30-18-12-8-9-13-25-18;1-2-7-3-5-8(9)6-4-7/h6-13,20H,14-15H2,1-5H3,(H,26,29)(H,27,28);3-6H,2H2,1H3. The summed E-state index contributed by atoms with van der Waals surface area (Å²) in [6.07, 6.45) is 2.61. The molecule has 2 aromatic carbocycles. The molecule has 3 aromatic rings.